The highest BCUT2D eigenvalue weighted by atomic mass is 16.3. The first-order chi connectivity index (χ1) is 5.77. The molecule has 2 N–H and O–H groups in total. The second kappa shape index (κ2) is 2.84. The monoisotopic (exact) mass is 168 g/mol. The maximum atomic E-state index is 9.18. The normalized spacial score (nSPS) is 20.5. The summed E-state index contributed by atoms with van der Waals surface area (Å²) >= 11 is 0. The molecule has 0 saturated carbocycles. The molecular weight excluding hydrogens is 156 g/mol. The van der Waals surface area contributed by atoms with Crippen LogP contribution in [0.5, 0.6) is 0 Å². The van der Waals surface area contributed by atoms with Crippen LogP contribution < -0.4 is 5.32 Å². The van der Waals surface area contributed by atoms with E-state index in [-0.39, 0.29) is 0 Å². The number of aliphatic hydroxyl groups excluding tert-OH is 1. The fourth-order valence-electron chi connectivity index (χ4n) is 1.12. The number of hydrogen-bond donors (Lipinski definition) is 2. The molecule has 0 aromatic carbocycles. The third kappa shape index (κ3) is 1.21. The minimum atomic E-state index is -0.521. The Balaban J connectivity index is 2.12. The predicted molar refractivity (Wildman–Crippen MR) is 42.6 cm³/mol. The van der Waals surface area contributed by atoms with E-state index < -0.39 is 6.10 Å². The van der Waals surface area contributed by atoms with Crippen molar-refractivity contribution >= 4 is 0 Å². The van der Waals surface area contributed by atoms with Crippen LogP contribution in [0.3, 0.4) is 0 Å². The molecule has 5 heteroatoms. The minimum absolute atomic E-state index is 0.421. The van der Waals surface area contributed by atoms with Crippen LogP contribution in [0.25, 0.3) is 0 Å². The Morgan fingerprint density at radius 1 is 1.75 bits per heavy atom. The molecule has 66 valence electrons. The Labute approximate surface area is 70.4 Å². The van der Waals surface area contributed by atoms with Gasteiger partial charge in [-0.3, -0.25) is 0 Å². The quantitative estimate of drug-likeness (QED) is 0.623. The predicted octanol–water partition coefficient (Wildman–Crippen LogP) is -0.524. The maximum Gasteiger partial charge on any atom is 0.111 e. The minimum Gasteiger partial charge on any atom is -0.387 e. The zero-order chi connectivity index (χ0) is 8.55. The second-order valence-corrected chi connectivity index (χ2v) is 3.11. The summed E-state index contributed by atoms with van der Waals surface area (Å²) in [6.45, 7) is 3.58. The van der Waals surface area contributed by atoms with Gasteiger partial charge in [-0.05, 0) is 6.92 Å². The van der Waals surface area contributed by atoms with Crippen LogP contribution in [0, 0.1) is 0 Å². The molecule has 0 amide bonds. The lowest BCUT2D eigenvalue weighted by molar-refractivity contribution is 0.194. The molecule has 1 aliphatic rings. The Hall–Kier alpha value is -0.940. The highest BCUT2D eigenvalue weighted by Gasteiger charge is 2.20. The molecule has 0 aliphatic carbocycles. The number of nitrogens with zero attached hydrogens (tertiary/aromatic N) is 3. The number of aromatic nitrogens is 3. The Morgan fingerprint density at radius 3 is 2.92 bits per heavy atom. The summed E-state index contributed by atoms with van der Waals surface area (Å²) in [6.07, 6.45) is 1.28. The number of rotatable bonds is 2. The van der Waals surface area contributed by atoms with Crippen LogP contribution in [0.4, 0.5) is 0 Å². The molecule has 1 saturated heterocycles. The van der Waals surface area contributed by atoms with Crippen LogP contribution in [-0.4, -0.2) is 33.2 Å². The van der Waals surface area contributed by atoms with E-state index in [0.717, 1.165) is 13.1 Å². The van der Waals surface area contributed by atoms with Gasteiger partial charge in [-0.15, -0.1) is 5.10 Å². The first kappa shape index (κ1) is 7.70. The van der Waals surface area contributed by atoms with Gasteiger partial charge in [0.2, 0.25) is 0 Å². The zero-order valence-electron chi connectivity index (χ0n) is 6.94. The van der Waals surface area contributed by atoms with Gasteiger partial charge < -0.3 is 10.4 Å². The summed E-state index contributed by atoms with van der Waals surface area (Å²) in [5.74, 6) is 0. The zero-order valence-corrected chi connectivity index (χ0v) is 6.94. The van der Waals surface area contributed by atoms with Gasteiger partial charge in [-0.2, -0.15) is 0 Å². The summed E-state index contributed by atoms with van der Waals surface area (Å²) in [5, 5.41) is 20.1. The van der Waals surface area contributed by atoms with Crippen molar-refractivity contribution in [1.29, 1.82) is 0 Å². The topological polar surface area (TPSA) is 63.0 Å². The van der Waals surface area contributed by atoms with Gasteiger partial charge in [-0.25, -0.2) is 4.68 Å². The number of nitrogens with one attached hydrogen (secondary N) is 1. The van der Waals surface area contributed by atoms with E-state index >= 15 is 0 Å². The van der Waals surface area contributed by atoms with Crippen molar-refractivity contribution < 1.29 is 5.11 Å². The van der Waals surface area contributed by atoms with E-state index in [9.17, 15) is 5.11 Å². The molecule has 2 heterocycles. The van der Waals surface area contributed by atoms with Crippen molar-refractivity contribution in [2.24, 2.45) is 0 Å². The molecule has 12 heavy (non-hydrogen) atoms. The van der Waals surface area contributed by atoms with Gasteiger partial charge in [0, 0.05) is 13.1 Å². The molecule has 1 aromatic rings. The highest BCUT2D eigenvalue weighted by molar-refractivity contribution is 4.97. The maximum absolute atomic E-state index is 9.18. The van der Waals surface area contributed by atoms with Crippen molar-refractivity contribution in [2.45, 2.75) is 19.1 Å². The van der Waals surface area contributed by atoms with E-state index in [1.807, 2.05) is 0 Å². The second-order valence-electron chi connectivity index (χ2n) is 3.11. The van der Waals surface area contributed by atoms with Gasteiger partial charge in [-0.1, -0.05) is 5.21 Å². The molecular formula is C7H12N4O. The first-order valence-electron chi connectivity index (χ1n) is 4.08. The summed E-state index contributed by atoms with van der Waals surface area (Å²) in [5.41, 5.74) is 0.641. The molecule has 0 bridgehead atoms. The van der Waals surface area contributed by atoms with E-state index in [1.54, 1.807) is 17.8 Å². The van der Waals surface area contributed by atoms with Crippen LogP contribution >= 0.6 is 0 Å². The van der Waals surface area contributed by atoms with Crippen molar-refractivity contribution in [3.05, 3.63) is 11.9 Å². The molecule has 0 radical (unpaired) electrons. The smallest absolute Gasteiger partial charge is 0.111 e. The Bertz CT molecular complexity index is 266. The van der Waals surface area contributed by atoms with Crippen molar-refractivity contribution in [1.82, 2.24) is 20.3 Å². The highest BCUT2D eigenvalue weighted by Crippen LogP contribution is 2.13. The van der Waals surface area contributed by atoms with Gasteiger partial charge in [0.15, 0.2) is 0 Å². The van der Waals surface area contributed by atoms with Crippen molar-refractivity contribution in [2.75, 3.05) is 13.1 Å². The first-order valence-corrected chi connectivity index (χ1v) is 4.08. The molecule has 1 aliphatic heterocycles. The van der Waals surface area contributed by atoms with Crippen molar-refractivity contribution in [3.8, 4) is 0 Å². The largest absolute Gasteiger partial charge is 0.387 e. The average Bonchev–Trinajstić information content (AvgIpc) is 2.32. The number of aliphatic hydroxyl groups is 1. The van der Waals surface area contributed by atoms with Gasteiger partial charge >= 0.3 is 0 Å². The third-order valence-electron chi connectivity index (χ3n) is 2.09. The molecule has 1 atom stereocenters. The molecule has 1 fully saturated rings. The lowest BCUT2D eigenvalue weighted by atomic mass is 10.2. The van der Waals surface area contributed by atoms with E-state index in [1.165, 1.54) is 0 Å². The summed E-state index contributed by atoms with van der Waals surface area (Å²) < 4.78 is 1.80. The van der Waals surface area contributed by atoms with Gasteiger partial charge in [0.1, 0.15) is 5.69 Å². The van der Waals surface area contributed by atoms with E-state index in [2.05, 4.69) is 15.6 Å². The summed E-state index contributed by atoms with van der Waals surface area (Å²) in [7, 11) is 0. The molecule has 0 unspecified atom stereocenters. The third-order valence-corrected chi connectivity index (χ3v) is 2.09. The molecule has 2 rings (SSSR count). The van der Waals surface area contributed by atoms with E-state index in [0.29, 0.717) is 11.7 Å². The summed E-state index contributed by atoms with van der Waals surface area (Å²) in [4.78, 5) is 0. The number of hydrogen-bond acceptors (Lipinski definition) is 4. The van der Waals surface area contributed by atoms with Crippen LogP contribution in [0.15, 0.2) is 6.20 Å². The Kier molecular flexibility index (Phi) is 1.82. The lowest BCUT2D eigenvalue weighted by Gasteiger charge is -2.26. The SMILES string of the molecule is C[C@@H](O)c1cn(C2CNC2)nn1. The fraction of sp³-hybridized carbons (Fsp3) is 0.714. The standard InChI is InChI=1S/C7H12N4O/c1-5(12)7-4-11(10-9-7)6-2-8-3-6/h4-6,8,12H,2-3H2,1H3/t5-/m1/s1. The van der Waals surface area contributed by atoms with E-state index in [4.69, 9.17) is 0 Å². The van der Waals surface area contributed by atoms with Crippen molar-refractivity contribution in [3.63, 3.8) is 0 Å². The molecule has 0 spiro atoms. The van der Waals surface area contributed by atoms with Crippen LogP contribution in [0.2, 0.25) is 0 Å². The molecule has 5 nitrogen and oxygen atoms in total. The van der Waals surface area contributed by atoms with Gasteiger partial charge in [0.25, 0.3) is 0 Å². The van der Waals surface area contributed by atoms with Gasteiger partial charge in [0.05, 0.1) is 18.3 Å². The molecule has 1 aromatic heterocycles. The lowest BCUT2D eigenvalue weighted by Crippen LogP contribution is -2.43. The summed E-state index contributed by atoms with van der Waals surface area (Å²) in [6, 6.07) is 0.421. The average molecular weight is 168 g/mol. The van der Waals surface area contributed by atoms with Crippen LogP contribution in [0.1, 0.15) is 24.8 Å². The fourth-order valence-corrected chi connectivity index (χ4v) is 1.12. The van der Waals surface area contributed by atoms with Crippen LogP contribution in [-0.2, 0) is 0 Å². The Morgan fingerprint density at radius 2 is 2.50 bits per heavy atom.